The lowest BCUT2D eigenvalue weighted by atomic mass is 9.93. The van der Waals surface area contributed by atoms with Crippen molar-refractivity contribution in [3.63, 3.8) is 0 Å². The number of fused-ring (bicyclic) bond motifs is 1. The molecule has 0 spiro atoms. The molecule has 0 amide bonds. The Kier molecular flexibility index (Phi) is 2.56. The lowest BCUT2D eigenvalue weighted by Crippen LogP contribution is -2.15. The topological polar surface area (TPSA) is 12.4 Å². The molecular formula is C14H12FNS. The van der Waals surface area contributed by atoms with Crippen LogP contribution in [0.3, 0.4) is 0 Å². The molecule has 3 heteroatoms. The Bertz CT molecular complexity index is 598. The quantitative estimate of drug-likeness (QED) is 0.728. The monoisotopic (exact) mass is 245 g/mol. The number of benzene rings is 1. The van der Waals surface area contributed by atoms with Crippen LogP contribution < -0.4 is 0 Å². The molecule has 0 unspecified atom stereocenters. The summed E-state index contributed by atoms with van der Waals surface area (Å²) >= 11 is 1.70. The highest BCUT2D eigenvalue weighted by atomic mass is 32.1. The van der Waals surface area contributed by atoms with Gasteiger partial charge in [0.25, 0.3) is 0 Å². The standard InChI is InChI=1S/C14H12FNS/c1-9-10(6-8-17-9)14-12-3-2-4-13(15)11(12)5-7-16-14/h2-4,6,8H,5,7H2,1H3. The second kappa shape index (κ2) is 4.08. The molecule has 0 radical (unpaired) electrons. The van der Waals surface area contributed by atoms with Crippen LogP contribution in [-0.4, -0.2) is 12.3 Å². The van der Waals surface area contributed by atoms with Crippen molar-refractivity contribution in [2.24, 2.45) is 4.99 Å². The van der Waals surface area contributed by atoms with Gasteiger partial charge < -0.3 is 0 Å². The molecule has 0 aliphatic carbocycles. The molecule has 2 heterocycles. The van der Waals surface area contributed by atoms with Crippen LogP contribution in [0.4, 0.5) is 4.39 Å². The Morgan fingerprint density at radius 1 is 1.24 bits per heavy atom. The van der Waals surface area contributed by atoms with Crippen LogP contribution in [0, 0.1) is 12.7 Å². The number of halogens is 1. The van der Waals surface area contributed by atoms with Crippen LogP contribution in [-0.2, 0) is 6.42 Å². The third-order valence-electron chi connectivity index (χ3n) is 3.12. The molecule has 0 N–H and O–H groups in total. The summed E-state index contributed by atoms with van der Waals surface area (Å²) in [5.74, 6) is -0.109. The molecule has 0 saturated carbocycles. The Labute approximate surface area is 104 Å². The molecule has 1 aromatic carbocycles. The molecule has 1 aromatic heterocycles. The van der Waals surface area contributed by atoms with E-state index in [2.05, 4.69) is 23.4 Å². The number of rotatable bonds is 1. The predicted molar refractivity (Wildman–Crippen MR) is 69.7 cm³/mol. The fourth-order valence-electron chi connectivity index (χ4n) is 2.26. The van der Waals surface area contributed by atoms with E-state index in [1.165, 1.54) is 10.9 Å². The van der Waals surface area contributed by atoms with E-state index in [0.29, 0.717) is 13.0 Å². The van der Waals surface area contributed by atoms with E-state index in [4.69, 9.17) is 0 Å². The van der Waals surface area contributed by atoms with Gasteiger partial charge in [-0.05, 0) is 36.4 Å². The van der Waals surface area contributed by atoms with E-state index < -0.39 is 0 Å². The summed E-state index contributed by atoms with van der Waals surface area (Å²) in [6, 6.07) is 7.32. The van der Waals surface area contributed by atoms with E-state index in [1.807, 2.05) is 6.07 Å². The number of nitrogens with zero attached hydrogens (tertiary/aromatic N) is 1. The third-order valence-corrected chi connectivity index (χ3v) is 3.97. The first-order chi connectivity index (χ1) is 8.27. The van der Waals surface area contributed by atoms with Gasteiger partial charge in [0.15, 0.2) is 0 Å². The van der Waals surface area contributed by atoms with Gasteiger partial charge in [-0.2, -0.15) is 0 Å². The summed E-state index contributed by atoms with van der Waals surface area (Å²) in [6.45, 7) is 2.76. The Morgan fingerprint density at radius 2 is 2.12 bits per heavy atom. The minimum absolute atomic E-state index is 0.109. The van der Waals surface area contributed by atoms with Gasteiger partial charge in [0, 0.05) is 22.5 Å². The highest BCUT2D eigenvalue weighted by molar-refractivity contribution is 7.10. The minimum Gasteiger partial charge on any atom is -0.284 e. The molecule has 17 heavy (non-hydrogen) atoms. The first-order valence-electron chi connectivity index (χ1n) is 5.64. The predicted octanol–water partition coefficient (Wildman–Crippen LogP) is 3.59. The van der Waals surface area contributed by atoms with Crippen molar-refractivity contribution in [2.45, 2.75) is 13.3 Å². The van der Waals surface area contributed by atoms with E-state index >= 15 is 0 Å². The van der Waals surface area contributed by atoms with Gasteiger partial charge in [-0.25, -0.2) is 4.39 Å². The zero-order valence-electron chi connectivity index (χ0n) is 9.53. The molecule has 1 aliphatic rings. The molecule has 3 rings (SSSR count). The molecule has 0 bridgehead atoms. The number of hydrogen-bond donors (Lipinski definition) is 0. The first kappa shape index (κ1) is 10.7. The maximum atomic E-state index is 13.7. The number of thiophene rings is 1. The van der Waals surface area contributed by atoms with Crippen molar-refractivity contribution < 1.29 is 4.39 Å². The molecule has 1 nitrogen and oxygen atoms in total. The van der Waals surface area contributed by atoms with Crippen molar-refractivity contribution in [3.8, 4) is 0 Å². The van der Waals surface area contributed by atoms with Crippen LogP contribution in [0.25, 0.3) is 0 Å². The Hall–Kier alpha value is -1.48. The maximum absolute atomic E-state index is 13.7. The van der Waals surface area contributed by atoms with Gasteiger partial charge in [-0.1, -0.05) is 12.1 Å². The van der Waals surface area contributed by atoms with Crippen molar-refractivity contribution in [1.29, 1.82) is 0 Å². The van der Waals surface area contributed by atoms with Gasteiger partial charge in [-0.3, -0.25) is 4.99 Å². The third kappa shape index (κ3) is 1.71. The molecular weight excluding hydrogens is 233 g/mol. The average Bonchev–Trinajstić information content (AvgIpc) is 2.75. The zero-order valence-corrected chi connectivity index (χ0v) is 10.4. The van der Waals surface area contributed by atoms with E-state index in [9.17, 15) is 4.39 Å². The highest BCUT2D eigenvalue weighted by Crippen LogP contribution is 2.26. The number of hydrogen-bond acceptors (Lipinski definition) is 2. The summed E-state index contributed by atoms with van der Waals surface area (Å²) in [5, 5.41) is 2.06. The fourth-order valence-corrected chi connectivity index (χ4v) is 2.96. The van der Waals surface area contributed by atoms with Crippen LogP contribution in [0.15, 0.2) is 34.6 Å². The lowest BCUT2D eigenvalue weighted by molar-refractivity contribution is 0.607. The van der Waals surface area contributed by atoms with Crippen LogP contribution in [0.2, 0.25) is 0 Å². The van der Waals surface area contributed by atoms with Gasteiger partial charge in [0.2, 0.25) is 0 Å². The summed E-state index contributed by atoms with van der Waals surface area (Å²) in [5.41, 5.74) is 3.85. The highest BCUT2D eigenvalue weighted by Gasteiger charge is 2.19. The summed E-state index contributed by atoms with van der Waals surface area (Å²) in [6.07, 6.45) is 0.703. The second-order valence-electron chi connectivity index (χ2n) is 4.14. The van der Waals surface area contributed by atoms with Crippen LogP contribution in [0.5, 0.6) is 0 Å². The summed E-state index contributed by atoms with van der Waals surface area (Å²) < 4.78 is 13.7. The van der Waals surface area contributed by atoms with Gasteiger partial charge in [0.05, 0.1) is 5.71 Å². The summed E-state index contributed by atoms with van der Waals surface area (Å²) in [4.78, 5) is 5.81. The molecule has 0 saturated heterocycles. The molecule has 1 aliphatic heterocycles. The normalized spacial score (nSPS) is 14.4. The molecule has 0 atom stereocenters. The Morgan fingerprint density at radius 3 is 2.88 bits per heavy atom. The largest absolute Gasteiger partial charge is 0.284 e. The van der Waals surface area contributed by atoms with Crippen molar-refractivity contribution in [3.05, 3.63) is 57.0 Å². The molecule has 86 valence electrons. The van der Waals surface area contributed by atoms with Crippen molar-refractivity contribution in [2.75, 3.05) is 6.54 Å². The van der Waals surface area contributed by atoms with Gasteiger partial charge in [0.1, 0.15) is 5.82 Å². The minimum atomic E-state index is -0.109. The van der Waals surface area contributed by atoms with E-state index in [0.717, 1.165) is 22.4 Å². The lowest BCUT2D eigenvalue weighted by Gasteiger charge is -2.17. The molecule has 0 fully saturated rings. The van der Waals surface area contributed by atoms with Gasteiger partial charge >= 0.3 is 0 Å². The summed E-state index contributed by atoms with van der Waals surface area (Å²) in [7, 11) is 0. The van der Waals surface area contributed by atoms with E-state index in [1.54, 1.807) is 17.4 Å². The smallest absolute Gasteiger partial charge is 0.127 e. The van der Waals surface area contributed by atoms with E-state index in [-0.39, 0.29) is 5.82 Å². The first-order valence-corrected chi connectivity index (χ1v) is 6.52. The number of aryl methyl sites for hydroxylation is 1. The van der Waals surface area contributed by atoms with Crippen LogP contribution >= 0.6 is 11.3 Å². The molecule has 2 aromatic rings. The van der Waals surface area contributed by atoms with Gasteiger partial charge in [-0.15, -0.1) is 11.3 Å². The Balaban J connectivity index is 2.19. The zero-order chi connectivity index (χ0) is 11.8. The van der Waals surface area contributed by atoms with Crippen molar-refractivity contribution in [1.82, 2.24) is 0 Å². The number of aliphatic imine (C=N–C) groups is 1. The maximum Gasteiger partial charge on any atom is 0.127 e. The second-order valence-corrected chi connectivity index (χ2v) is 5.26. The fraction of sp³-hybridized carbons (Fsp3) is 0.214. The van der Waals surface area contributed by atoms with Crippen molar-refractivity contribution >= 4 is 17.0 Å². The SMILES string of the molecule is Cc1sccc1C1=NCCc2c(F)cccc21. The van der Waals surface area contributed by atoms with Crippen LogP contribution in [0.1, 0.15) is 21.6 Å². The average molecular weight is 245 g/mol.